The molecule has 102 valence electrons. The van der Waals surface area contributed by atoms with Crippen molar-refractivity contribution in [3.05, 3.63) is 27.9 Å². The van der Waals surface area contributed by atoms with Gasteiger partial charge in [-0.2, -0.15) is 5.21 Å². The molecule has 19 heavy (non-hydrogen) atoms. The second-order valence-corrected chi connectivity index (χ2v) is 4.93. The lowest BCUT2D eigenvalue weighted by atomic mass is 10.1. The first kappa shape index (κ1) is 13.7. The fourth-order valence-electron chi connectivity index (χ4n) is 1.76. The third-order valence-electron chi connectivity index (χ3n) is 2.65. The normalized spacial score (nSPS) is 12.4. The minimum absolute atomic E-state index is 0.278. The summed E-state index contributed by atoms with van der Waals surface area (Å²) in [6.45, 7) is 3.83. The minimum atomic E-state index is -0.286. The third-order valence-corrected chi connectivity index (χ3v) is 3.04. The Bertz CT molecular complexity index is 551. The topological polar surface area (TPSA) is 96.7 Å². The van der Waals surface area contributed by atoms with Gasteiger partial charge in [0, 0.05) is 5.56 Å². The van der Waals surface area contributed by atoms with Gasteiger partial charge in [0.1, 0.15) is 0 Å². The van der Waals surface area contributed by atoms with E-state index in [1.54, 1.807) is 6.07 Å². The number of nitrogens with zero attached hydrogens (tertiary/aromatic N) is 3. The number of aromatic amines is 1. The second kappa shape index (κ2) is 5.96. The molecule has 0 spiro atoms. The van der Waals surface area contributed by atoms with E-state index >= 15 is 0 Å². The summed E-state index contributed by atoms with van der Waals surface area (Å²) in [5.74, 6) is 0.474. The summed E-state index contributed by atoms with van der Waals surface area (Å²) in [5, 5.41) is 16.6. The van der Waals surface area contributed by atoms with Crippen LogP contribution in [0.15, 0.2) is 15.2 Å². The first-order valence-electron chi connectivity index (χ1n) is 5.92. The van der Waals surface area contributed by atoms with E-state index in [2.05, 4.69) is 41.9 Å². The standard InChI is InChI=1S/C11H14BrN5O2/c1-3-4-7(10-14-16-17-15-10)13-11(18)9-6(2)5-8(12)19-9/h5,7H,3-4H2,1-2H3,(H,13,18)(H,14,15,16,17). The van der Waals surface area contributed by atoms with Crippen molar-refractivity contribution in [3.63, 3.8) is 0 Å². The summed E-state index contributed by atoms with van der Waals surface area (Å²) in [5.41, 5.74) is 0.771. The highest BCUT2D eigenvalue weighted by molar-refractivity contribution is 9.10. The van der Waals surface area contributed by atoms with E-state index in [-0.39, 0.29) is 17.7 Å². The number of amides is 1. The number of tetrazole rings is 1. The van der Waals surface area contributed by atoms with E-state index in [0.717, 1.165) is 18.4 Å². The minimum Gasteiger partial charge on any atom is -0.444 e. The van der Waals surface area contributed by atoms with Crippen LogP contribution >= 0.6 is 15.9 Å². The fourth-order valence-corrected chi connectivity index (χ4v) is 2.27. The molecular weight excluding hydrogens is 314 g/mol. The van der Waals surface area contributed by atoms with Crippen LogP contribution in [0.1, 0.15) is 47.7 Å². The van der Waals surface area contributed by atoms with Crippen molar-refractivity contribution in [1.82, 2.24) is 25.9 Å². The van der Waals surface area contributed by atoms with Gasteiger partial charge >= 0.3 is 0 Å². The second-order valence-electron chi connectivity index (χ2n) is 4.15. The average molecular weight is 328 g/mol. The smallest absolute Gasteiger partial charge is 0.287 e. The van der Waals surface area contributed by atoms with E-state index in [0.29, 0.717) is 10.5 Å². The zero-order chi connectivity index (χ0) is 13.8. The first-order valence-corrected chi connectivity index (χ1v) is 6.71. The Morgan fingerprint density at radius 3 is 2.95 bits per heavy atom. The maximum absolute atomic E-state index is 12.1. The Morgan fingerprint density at radius 1 is 1.63 bits per heavy atom. The molecule has 0 aliphatic rings. The van der Waals surface area contributed by atoms with Crippen LogP contribution in [0.3, 0.4) is 0 Å². The SMILES string of the molecule is CCCC(NC(=O)c1oc(Br)cc1C)c1nn[nH]n1. The van der Waals surface area contributed by atoms with E-state index in [1.807, 2.05) is 13.8 Å². The van der Waals surface area contributed by atoms with Crippen LogP contribution in [0.5, 0.6) is 0 Å². The summed E-state index contributed by atoms with van der Waals surface area (Å²) in [6.07, 6.45) is 1.62. The third kappa shape index (κ3) is 3.19. The number of aryl methyl sites for hydroxylation is 1. The van der Waals surface area contributed by atoms with Crippen molar-refractivity contribution < 1.29 is 9.21 Å². The van der Waals surface area contributed by atoms with Crippen molar-refractivity contribution in [3.8, 4) is 0 Å². The van der Waals surface area contributed by atoms with Crippen LogP contribution in [0.25, 0.3) is 0 Å². The summed E-state index contributed by atoms with van der Waals surface area (Å²) >= 11 is 3.20. The number of hydrogen-bond acceptors (Lipinski definition) is 5. The molecule has 2 aromatic heterocycles. The number of rotatable bonds is 5. The summed E-state index contributed by atoms with van der Waals surface area (Å²) in [7, 11) is 0. The van der Waals surface area contributed by atoms with Gasteiger partial charge in [0.2, 0.25) is 0 Å². The fraction of sp³-hybridized carbons (Fsp3) is 0.455. The number of furan rings is 1. The molecule has 2 N–H and O–H groups in total. The number of aromatic nitrogens is 4. The molecule has 0 aromatic carbocycles. The van der Waals surface area contributed by atoms with Crippen LogP contribution in [-0.2, 0) is 0 Å². The van der Waals surface area contributed by atoms with Gasteiger partial charge in [0.15, 0.2) is 16.3 Å². The van der Waals surface area contributed by atoms with Crippen LogP contribution in [0, 0.1) is 6.92 Å². The van der Waals surface area contributed by atoms with Gasteiger partial charge in [-0.25, -0.2) is 0 Å². The van der Waals surface area contributed by atoms with Crippen molar-refractivity contribution in [2.75, 3.05) is 0 Å². The highest BCUT2D eigenvalue weighted by atomic mass is 79.9. The van der Waals surface area contributed by atoms with E-state index in [9.17, 15) is 4.79 Å². The monoisotopic (exact) mass is 327 g/mol. The Labute approximate surface area is 118 Å². The maximum Gasteiger partial charge on any atom is 0.287 e. The zero-order valence-corrected chi connectivity index (χ0v) is 12.2. The lowest BCUT2D eigenvalue weighted by molar-refractivity contribution is 0.0902. The van der Waals surface area contributed by atoms with Crippen LogP contribution in [0.4, 0.5) is 0 Å². The molecule has 8 heteroatoms. The van der Waals surface area contributed by atoms with E-state index < -0.39 is 0 Å². The Morgan fingerprint density at radius 2 is 2.42 bits per heavy atom. The molecule has 7 nitrogen and oxygen atoms in total. The Hall–Kier alpha value is -1.70. The lowest BCUT2D eigenvalue weighted by Crippen LogP contribution is -2.29. The van der Waals surface area contributed by atoms with Gasteiger partial charge < -0.3 is 9.73 Å². The number of nitrogens with one attached hydrogen (secondary N) is 2. The van der Waals surface area contributed by atoms with Crippen molar-refractivity contribution in [1.29, 1.82) is 0 Å². The van der Waals surface area contributed by atoms with Gasteiger partial charge in [-0.15, -0.1) is 10.2 Å². The molecular formula is C11H14BrN5O2. The molecule has 0 radical (unpaired) electrons. The first-order chi connectivity index (χ1) is 9.11. The summed E-state index contributed by atoms with van der Waals surface area (Å²) in [6, 6.07) is 1.47. The molecule has 2 rings (SSSR count). The average Bonchev–Trinajstić information content (AvgIpc) is 2.98. The largest absolute Gasteiger partial charge is 0.444 e. The zero-order valence-electron chi connectivity index (χ0n) is 10.6. The molecule has 0 bridgehead atoms. The van der Waals surface area contributed by atoms with Gasteiger partial charge in [0.05, 0.1) is 6.04 Å². The molecule has 0 fully saturated rings. The van der Waals surface area contributed by atoms with Crippen LogP contribution in [0.2, 0.25) is 0 Å². The predicted octanol–water partition coefficient (Wildman–Crippen LogP) is 2.13. The molecule has 0 aliphatic heterocycles. The molecule has 1 unspecified atom stereocenters. The molecule has 2 heterocycles. The van der Waals surface area contributed by atoms with Gasteiger partial charge in [-0.3, -0.25) is 4.79 Å². The molecule has 0 saturated heterocycles. The van der Waals surface area contributed by atoms with Gasteiger partial charge in [-0.1, -0.05) is 18.6 Å². The molecule has 2 aromatic rings. The molecule has 0 aliphatic carbocycles. The Balaban J connectivity index is 2.13. The number of carbonyl (C=O) groups is 1. The van der Waals surface area contributed by atoms with Gasteiger partial charge in [0.25, 0.3) is 5.91 Å². The molecule has 1 amide bonds. The number of H-pyrrole nitrogens is 1. The number of carbonyl (C=O) groups excluding carboxylic acids is 1. The maximum atomic E-state index is 12.1. The van der Waals surface area contributed by atoms with Crippen LogP contribution in [-0.4, -0.2) is 26.5 Å². The number of hydrogen-bond donors (Lipinski definition) is 2. The highest BCUT2D eigenvalue weighted by Gasteiger charge is 2.22. The quantitative estimate of drug-likeness (QED) is 0.876. The predicted molar refractivity (Wildman–Crippen MR) is 70.4 cm³/mol. The van der Waals surface area contributed by atoms with E-state index in [1.165, 1.54) is 0 Å². The van der Waals surface area contributed by atoms with Crippen molar-refractivity contribution in [2.45, 2.75) is 32.7 Å². The Kier molecular flexibility index (Phi) is 4.31. The molecule has 1 atom stereocenters. The van der Waals surface area contributed by atoms with Crippen molar-refractivity contribution >= 4 is 21.8 Å². The summed E-state index contributed by atoms with van der Waals surface area (Å²) in [4.78, 5) is 12.1. The lowest BCUT2D eigenvalue weighted by Gasteiger charge is -2.13. The molecule has 0 saturated carbocycles. The van der Waals surface area contributed by atoms with Crippen molar-refractivity contribution in [2.24, 2.45) is 0 Å². The van der Waals surface area contributed by atoms with Gasteiger partial charge in [-0.05, 0) is 35.3 Å². The highest BCUT2D eigenvalue weighted by Crippen LogP contribution is 2.21. The number of halogens is 1. The summed E-state index contributed by atoms with van der Waals surface area (Å²) < 4.78 is 5.84. The van der Waals surface area contributed by atoms with Crippen LogP contribution < -0.4 is 5.32 Å². The van der Waals surface area contributed by atoms with E-state index in [4.69, 9.17) is 4.42 Å².